The lowest BCUT2D eigenvalue weighted by Crippen LogP contribution is -2.35. The first-order valence-corrected chi connectivity index (χ1v) is 7.90. The highest BCUT2D eigenvalue weighted by atomic mass is 16.5. The monoisotopic (exact) mass is 292 g/mol. The van der Waals surface area contributed by atoms with Gasteiger partial charge in [-0.15, -0.1) is 0 Å². The van der Waals surface area contributed by atoms with Gasteiger partial charge in [-0.3, -0.25) is 4.98 Å². The van der Waals surface area contributed by atoms with Crippen LogP contribution in [0.15, 0.2) is 12.4 Å². The van der Waals surface area contributed by atoms with Crippen molar-refractivity contribution in [2.75, 3.05) is 24.6 Å². The maximum Gasteiger partial charge on any atom is 0.147 e. The molecule has 0 saturated carbocycles. The smallest absolute Gasteiger partial charge is 0.147 e. The molecule has 0 aromatic carbocycles. The number of aromatic nitrogens is 2. The molecule has 0 bridgehead atoms. The Morgan fingerprint density at radius 1 is 1.33 bits per heavy atom. The third-order valence-corrected chi connectivity index (χ3v) is 3.65. The second kappa shape index (κ2) is 7.18. The van der Waals surface area contributed by atoms with Crippen LogP contribution in [0.1, 0.15) is 46.2 Å². The van der Waals surface area contributed by atoms with Crippen LogP contribution < -0.4 is 10.2 Å². The molecule has 1 aromatic rings. The lowest BCUT2D eigenvalue weighted by Gasteiger charge is -2.25. The first-order chi connectivity index (χ1) is 9.98. The van der Waals surface area contributed by atoms with Crippen molar-refractivity contribution in [1.82, 2.24) is 15.3 Å². The molecule has 5 nitrogen and oxygen atoms in total. The molecule has 1 atom stereocenters. The fraction of sp³-hybridized carbons (Fsp3) is 0.750. The standard InChI is InChI=1S/C16H28N4O/c1-5-20(12-14-7-6-8-21-14)15-11-17-13(9-18-15)10-19-16(2,3)4/h9,11,14,19H,5-8,10,12H2,1-4H3. The number of ether oxygens (including phenoxy) is 1. The summed E-state index contributed by atoms with van der Waals surface area (Å²) in [5, 5.41) is 3.42. The second-order valence-electron chi connectivity index (χ2n) is 6.64. The van der Waals surface area contributed by atoms with Crippen LogP contribution in [0, 0.1) is 0 Å². The minimum absolute atomic E-state index is 0.0929. The summed E-state index contributed by atoms with van der Waals surface area (Å²) in [7, 11) is 0. The summed E-state index contributed by atoms with van der Waals surface area (Å²) in [6.45, 7) is 12.1. The van der Waals surface area contributed by atoms with E-state index in [9.17, 15) is 0 Å². The molecule has 5 heteroatoms. The van der Waals surface area contributed by atoms with Gasteiger partial charge in [0.2, 0.25) is 0 Å². The summed E-state index contributed by atoms with van der Waals surface area (Å²) in [4.78, 5) is 11.3. The van der Waals surface area contributed by atoms with Crippen LogP contribution in [0.2, 0.25) is 0 Å². The van der Waals surface area contributed by atoms with E-state index in [4.69, 9.17) is 4.74 Å². The van der Waals surface area contributed by atoms with E-state index >= 15 is 0 Å². The first kappa shape index (κ1) is 16.2. The summed E-state index contributed by atoms with van der Waals surface area (Å²) in [6, 6.07) is 0. The van der Waals surface area contributed by atoms with Gasteiger partial charge in [0.25, 0.3) is 0 Å². The van der Waals surface area contributed by atoms with Gasteiger partial charge in [0.05, 0.1) is 24.2 Å². The summed E-state index contributed by atoms with van der Waals surface area (Å²) in [5.74, 6) is 0.938. The minimum atomic E-state index is 0.0929. The predicted octanol–water partition coefficient (Wildman–Crippen LogP) is 2.37. The lowest BCUT2D eigenvalue weighted by atomic mass is 10.1. The highest BCUT2D eigenvalue weighted by Gasteiger charge is 2.19. The van der Waals surface area contributed by atoms with Crippen molar-refractivity contribution < 1.29 is 4.74 Å². The fourth-order valence-corrected chi connectivity index (χ4v) is 2.38. The maximum absolute atomic E-state index is 5.71. The zero-order chi connectivity index (χ0) is 15.3. The van der Waals surface area contributed by atoms with E-state index in [2.05, 4.69) is 47.9 Å². The van der Waals surface area contributed by atoms with E-state index in [0.717, 1.165) is 44.2 Å². The number of hydrogen-bond donors (Lipinski definition) is 1. The first-order valence-electron chi connectivity index (χ1n) is 7.90. The van der Waals surface area contributed by atoms with Gasteiger partial charge in [0, 0.05) is 31.8 Å². The van der Waals surface area contributed by atoms with Crippen LogP contribution in [0.4, 0.5) is 5.82 Å². The Hall–Kier alpha value is -1.20. The number of likely N-dealkylation sites (N-methyl/N-ethyl adjacent to an activating group) is 1. The van der Waals surface area contributed by atoms with Crippen molar-refractivity contribution in [2.24, 2.45) is 0 Å². The van der Waals surface area contributed by atoms with Gasteiger partial charge in [0.1, 0.15) is 5.82 Å². The van der Waals surface area contributed by atoms with Crippen LogP contribution in [0.5, 0.6) is 0 Å². The molecule has 1 unspecified atom stereocenters. The van der Waals surface area contributed by atoms with Crippen molar-refractivity contribution in [3.05, 3.63) is 18.1 Å². The summed E-state index contributed by atoms with van der Waals surface area (Å²) in [5.41, 5.74) is 1.07. The van der Waals surface area contributed by atoms with Gasteiger partial charge >= 0.3 is 0 Å². The fourth-order valence-electron chi connectivity index (χ4n) is 2.38. The number of rotatable bonds is 6. The van der Waals surface area contributed by atoms with Crippen LogP contribution in [-0.4, -0.2) is 41.3 Å². The maximum atomic E-state index is 5.71. The number of nitrogens with zero attached hydrogens (tertiary/aromatic N) is 3. The normalized spacial score (nSPS) is 19.0. The Bertz CT molecular complexity index is 421. The Kier molecular flexibility index (Phi) is 5.53. The molecule has 21 heavy (non-hydrogen) atoms. The molecule has 1 aromatic heterocycles. The molecule has 2 heterocycles. The third-order valence-electron chi connectivity index (χ3n) is 3.65. The Morgan fingerprint density at radius 2 is 2.14 bits per heavy atom. The zero-order valence-corrected chi connectivity index (χ0v) is 13.7. The largest absolute Gasteiger partial charge is 0.376 e. The Labute approximate surface area is 128 Å². The van der Waals surface area contributed by atoms with E-state index in [1.54, 1.807) is 0 Å². The van der Waals surface area contributed by atoms with Crippen LogP contribution in [0.25, 0.3) is 0 Å². The molecule has 0 radical (unpaired) electrons. The van der Waals surface area contributed by atoms with Gasteiger partial charge in [-0.25, -0.2) is 4.98 Å². The van der Waals surface area contributed by atoms with Gasteiger partial charge < -0.3 is 15.0 Å². The van der Waals surface area contributed by atoms with E-state index in [1.807, 2.05) is 12.4 Å². The van der Waals surface area contributed by atoms with Crippen LogP contribution >= 0.6 is 0 Å². The quantitative estimate of drug-likeness (QED) is 0.872. The average Bonchev–Trinajstić information content (AvgIpc) is 2.95. The minimum Gasteiger partial charge on any atom is -0.376 e. The second-order valence-corrected chi connectivity index (χ2v) is 6.64. The molecule has 0 aliphatic carbocycles. The number of hydrogen-bond acceptors (Lipinski definition) is 5. The third kappa shape index (κ3) is 5.25. The van der Waals surface area contributed by atoms with E-state index in [-0.39, 0.29) is 5.54 Å². The van der Waals surface area contributed by atoms with Crippen molar-refractivity contribution in [1.29, 1.82) is 0 Å². The highest BCUT2D eigenvalue weighted by Crippen LogP contribution is 2.17. The SMILES string of the molecule is CCN(CC1CCCO1)c1cnc(CNC(C)(C)C)cn1. The molecule has 1 fully saturated rings. The molecule has 2 rings (SSSR count). The molecule has 1 N–H and O–H groups in total. The molecule has 1 saturated heterocycles. The highest BCUT2D eigenvalue weighted by molar-refractivity contribution is 5.35. The van der Waals surface area contributed by atoms with Crippen LogP contribution in [-0.2, 0) is 11.3 Å². The van der Waals surface area contributed by atoms with Crippen molar-refractivity contribution in [3.63, 3.8) is 0 Å². The Balaban J connectivity index is 1.92. The van der Waals surface area contributed by atoms with Crippen LogP contribution in [0.3, 0.4) is 0 Å². The molecular formula is C16H28N4O. The van der Waals surface area contributed by atoms with Gasteiger partial charge in [-0.1, -0.05) is 0 Å². The zero-order valence-electron chi connectivity index (χ0n) is 13.7. The van der Waals surface area contributed by atoms with Gasteiger partial charge in [-0.2, -0.15) is 0 Å². The molecule has 1 aliphatic heterocycles. The summed E-state index contributed by atoms with van der Waals surface area (Å²) >= 11 is 0. The molecule has 0 spiro atoms. The summed E-state index contributed by atoms with van der Waals surface area (Å²) < 4.78 is 5.71. The van der Waals surface area contributed by atoms with Gasteiger partial charge in [-0.05, 0) is 40.5 Å². The number of nitrogens with one attached hydrogen (secondary N) is 1. The summed E-state index contributed by atoms with van der Waals surface area (Å²) in [6.07, 6.45) is 6.40. The molecule has 118 valence electrons. The van der Waals surface area contributed by atoms with E-state index in [0.29, 0.717) is 6.10 Å². The van der Waals surface area contributed by atoms with Gasteiger partial charge in [0.15, 0.2) is 0 Å². The Morgan fingerprint density at radius 3 is 2.67 bits per heavy atom. The lowest BCUT2D eigenvalue weighted by molar-refractivity contribution is 0.115. The van der Waals surface area contributed by atoms with Crippen molar-refractivity contribution in [3.8, 4) is 0 Å². The van der Waals surface area contributed by atoms with E-state index < -0.39 is 0 Å². The van der Waals surface area contributed by atoms with E-state index in [1.165, 1.54) is 6.42 Å². The average molecular weight is 292 g/mol. The molecule has 0 amide bonds. The number of anilines is 1. The van der Waals surface area contributed by atoms with Crippen molar-refractivity contribution >= 4 is 5.82 Å². The van der Waals surface area contributed by atoms with Crippen molar-refractivity contribution in [2.45, 2.75) is 58.7 Å². The predicted molar refractivity (Wildman–Crippen MR) is 85.5 cm³/mol. The topological polar surface area (TPSA) is 50.3 Å². The molecule has 1 aliphatic rings. The molecular weight excluding hydrogens is 264 g/mol.